The summed E-state index contributed by atoms with van der Waals surface area (Å²) >= 11 is 0. The van der Waals surface area contributed by atoms with Gasteiger partial charge in [-0.15, -0.1) is 0 Å². The Hall–Kier alpha value is -1.67. The summed E-state index contributed by atoms with van der Waals surface area (Å²) < 4.78 is 37.1. The number of halogens is 2. The van der Waals surface area contributed by atoms with Gasteiger partial charge in [-0.1, -0.05) is 0 Å². The van der Waals surface area contributed by atoms with Crippen LogP contribution in [-0.2, 0) is 4.74 Å². The number of hydrogen-bond acceptors (Lipinski definition) is 3. The summed E-state index contributed by atoms with van der Waals surface area (Å²) in [4.78, 5) is 0. The summed E-state index contributed by atoms with van der Waals surface area (Å²) in [6.07, 6.45) is 0.833. The third-order valence-corrected chi connectivity index (χ3v) is 2.61. The third-order valence-electron chi connectivity index (χ3n) is 2.61. The van der Waals surface area contributed by atoms with Crippen LogP contribution in [0.15, 0.2) is 12.1 Å². The highest BCUT2D eigenvalue weighted by molar-refractivity contribution is 5.37. The smallest absolute Gasteiger partial charge is 0.190 e. The van der Waals surface area contributed by atoms with Crippen LogP contribution in [0.2, 0.25) is 0 Å². The van der Waals surface area contributed by atoms with E-state index in [9.17, 15) is 8.78 Å². The van der Waals surface area contributed by atoms with E-state index >= 15 is 0 Å². The summed E-state index contributed by atoms with van der Waals surface area (Å²) in [5, 5.41) is 8.54. The number of rotatable bonds is 3. The molecule has 0 spiro atoms. The Balaban J connectivity index is 2.07. The van der Waals surface area contributed by atoms with Gasteiger partial charge < -0.3 is 9.47 Å². The minimum absolute atomic E-state index is 0.0588. The van der Waals surface area contributed by atoms with Crippen molar-refractivity contribution in [2.45, 2.75) is 6.42 Å². The summed E-state index contributed by atoms with van der Waals surface area (Å²) in [5.74, 6) is -1.94. The van der Waals surface area contributed by atoms with Crippen LogP contribution in [0.1, 0.15) is 12.0 Å². The monoisotopic (exact) mass is 239 g/mol. The van der Waals surface area contributed by atoms with E-state index in [1.165, 1.54) is 0 Å². The molecule has 0 bridgehead atoms. The lowest BCUT2D eigenvalue weighted by atomic mass is 10.1. The molecule has 1 aliphatic rings. The second kappa shape index (κ2) is 5.11. The van der Waals surface area contributed by atoms with Crippen LogP contribution < -0.4 is 4.74 Å². The van der Waals surface area contributed by atoms with Crippen molar-refractivity contribution in [1.82, 2.24) is 0 Å². The van der Waals surface area contributed by atoms with Gasteiger partial charge in [-0.05, 0) is 18.6 Å². The first-order valence-electron chi connectivity index (χ1n) is 5.30. The first-order valence-corrected chi connectivity index (χ1v) is 5.30. The molecule has 1 aliphatic heterocycles. The molecule has 0 aromatic heterocycles. The SMILES string of the molecule is N#Cc1cc(F)c(OCC2CCOC2)c(F)c1. The summed E-state index contributed by atoms with van der Waals surface area (Å²) in [6.45, 7) is 1.44. The quantitative estimate of drug-likeness (QED) is 0.812. The number of hydrogen-bond donors (Lipinski definition) is 0. The Bertz CT molecular complexity index is 427. The molecule has 0 aliphatic carbocycles. The molecule has 1 heterocycles. The third kappa shape index (κ3) is 2.71. The Labute approximate surface area is 97.6 Å². The van der Waals surface area contributed by atoms with Gasteiger partial charge in [0, 0.05) is 12.5 Å². The molecule has 1 atom stereocenters. The second-order valence-electron chi connectivity index (χ2n) is 3.92. The predicted molar refractivity (Wildman–Crippen MR) is 55.5 cm³/mol. The second-order valence-corrected chi connectivity index (χ2v) is 3.92. The molecule has 1 aromatic carbocycles. The fourth-order valence-electron chi connectivity index (χ4n) is 1.68. The van der Waals surface area contributed by atoms with Crippen LogP contribution in [0.4, 0.5) is 8.78 Å². The normalized spacial score (nSPS) is 19.0. The summed E-state index contributed by atoms with van der Waals surface area (Å²) in [7, 11) is 0. The Morgan fingerprint density at radius 1 is 1.41 bits per heavy atom. The van der Waals surface area contributed by atoms with Crippen LogP contribution in [0.25, 0.3) is 0 Å². The van der Waals surface area contributed by atoms with Crippen LogP contribution in [0.5, 0.6) is 5.75 Å². The van der Waals surface area contributed by atoms with E-state index in [1.807, 2.05) is 0 Å². The van der Waals surface area contributed by atoms with Crippen molar-refractivity contribution in [1.29, 1.82) is 5.26 Å². The lowest BCUT2D eigenvalue weighted by molar-refractivity contribution is 0.163. The molecular weight excluding hydrogens is 228 g/mol. The number of ether oxygens (including phenoxy) is 2. The largest absolute Gasteiger partial charge is 0.487 e. The average molecular weight is 239 g/mol. The Morgan fingerprint density at radius 3 is 2.65 bits per heavy atom. The van der Waals surface area contributed by atoms with E-state index in [0.29, 0.717) is 13.2 Å². The maximum Gasteiger partial charge on any atom is 0.190 e. The molecule has 17 heavy (non-hydrogen) atoms. The van der Waals surface area contributed by atoms with Gasteiger partial charge in [-0.25, -0.2) is 8.78 Å². The van der Waals surface area contributed by atoms with Gasteiger partial charge >= 0.3 is 0 Å². The fraction of sp³-hybridized carbons (Fsp3) is 0.417. The maximum absolute atomic E-state index is 13.4. The standard InChI is InChI=1S/C12H11F2NO2/c13-10-3-9(5-15)4-11(14)12(10)17-7-8-1-2-16-6-8/h3-4,8H,1-2,6-7H2. The van der Waals surface area contributed by atoms with Gasteiger partial charge in [0.2, 0.25) is 0 Å². The van der Waals surface area contributed by atoms with Gasteiger partial charge in [-0.3, -0.25) is 0 Å². The van der Waals surface area contributed by atoms with Gasteiger partial charge in [0.25, 0.3) is 0 Å². The van der Waals surface area contributed by atoms with Gasteiger partial charge in [-0.2, -0.15) is 5.26 Å². The maximum atomic E-state index is 13.4. The lowest BCUT2D eigenvalue weighted by Crippen LogP contribution is -2.13. The van der Waals surface area contributed by atoms with E-state index in [0.717, 1.165) is 18.6 Å². The van der Waals surface area contributed by atoms with Crippen LogP contribution >= 0.6 is 0 Å². The minimum Gasteiger partial charge on any atom is -0.487 e. The van der Waals surface area contributed by atoms with Crippen molar-refractivity contribution in [3.05, 3.63) is 29.3 Å². The Kier molecular flexibility index (Phi) is 3.55. The molecule has 0 N–H and O–H groups in total. The highest BCUT2D eigenvalue weighted by Gasteiger charge is 2.19. The van der Waals surface area contributed by atoms with Gasteiger partial charge in [0.05, 0.1) is 24.8 Å². The molecule has 3 nitrogen and oxygen atoms in total. The molecular formula is C12H11F2NO2. The van der Waals surface area contributed by atoms with Crippen molar-refractivity contribution in [2.24, 2.45) is 5.92 Å². The van der Waals surface area contributed by atoms with Crippen molar-refractivity contribution in [3.8, 4) is 11.8 Å². The molecule has 5 heteroatoms. The number of benzene rings is 1. The zero-order chi connectivity index (χ0) is 12.3. The lowest BCUT2D eigenvalue weighted by Gasteiger charge is -2.11. The highest BCUT2D eigenvalue weighted by Crippen LogP contribution is 2.24. The van der Waals surface area contributed by atoms with Crippen molar-refractivity contribution >= 4 is 0 Å². The molecule has 90 valence electrons. The van der Waals surface area contributed by atoms with Crippen molar-refractivity contribution in [3.63, 3.8) is 0 Å². The van der Waals surface area contributed by atoms with Gasteiger partial charge in [0.1, 0.15) is 0 Å². The Morgan fingerprint density at radius 2 is 2.12 bits per heavy atom. The van der Waals surface area contributed by atoms with E-state index in [2.05, 4.69) is 0 Å². The summed E-state index contributed by atoms with van der Waals surface area (Å²) in [5.41, 5.74) is -0.0588. The molecule has 2 rings (SSSR count). The average Bonchev–Trinajstić information content (AvgIpc) is 2.80. The van der Waals surface area contributed by atoms with Gasteiger partial charge in [0.15, 0.2) is 17.4 Å². The molecule has 1 aromatic rings. The first-order chi connectivity index (χ1) is 8.20. The van der Waals surface area contributed by atoms with Crippen LogP contribution in [0.3, 0.4) is 0 Å². The van der Waals surface area contributed by atoms with Crippen LogP contribution in [-0.4, -0.2) is 19.8 Å². The molecule has 0 amide bonds. The predicted octanol–water partition coefficient (Wildman–Crippen LogP) is 2.25. The van der Waals surface area contributed by atoms with E-state index in [1.54, 1.807) is 6.07 Å². The van der Waals surface area contributed by atoms with E-state index in [-0.39, 0.29) is 18.1 Å². The summed E-state index contributed by atoms with van der Waals surface area (Å²) in [6, 6.07) is 3.60. The fourth-order valence-corrected chi connectivity index (χ4v) is 1.68. The zero-order valence-electron chi connectivity index (χ0n) is 9.08. The van der Waals surface area contributed by atoms with Crippen LogP contribution in [0, 0.1) is 28.9 Å². The van der Waals surface area contributed by atoms with Crippen molar-refractivity contribution in [2.75, 3.05) is 19.8 Å². The molecule has 1 fully saturated rings. The zero-order valence-corrected chi connectivity index (χ0v) is 9.08. The highest BCUT2D eigenvalue weighted by atomic mass is 19.1. The number of nitrogens with zero attached hydrogens (tertiary/aromatic N) is 1. The minimum atomic E-state index is -0.847. The topological polar surface area (TPSA) is 42.2 Å². The number of nitriles is 1. The molecule has 0 radical (unpaired) electrons. The first kappa shape index (κ1) is 11.8. The van der Waals surface area contributed by atoms with E-state index < -0.39 is 17.4 Å². The van der Waals surface area contributed by atoms with E-state index in [4.69, 9.17) is 14.7 Å². The molecule has 1 unspecified atom stereocenters. The molecule has 0 saturated carbocycles. The molecule has 1 saturated heterocycles. The van der Waals surface area contributed by atoms with Crippen molar-refractivity contribution < 1.29 is 18.3 Å².